The Balaban J connectivity index is 1.76. The fourth-order valence-electron chi connectivity index (χ4n) is 2.79. The molecule has 0 aliphatic carbocycles. The molecule has 0 unspecified atom stereocenters. The number of anilines is 1. The molecule has 3 nitrogen and oxygen atoms in total. The molecule has 1 saturated heterocycles. The minimum absolute atomic E-state index is 0.0515. The number of likely N-dealkylation sites (tertiary alicyclic amines) is 1. The molecule has 2 aromatic carbocycles. The van der Waals surface area contributed by atoms with Crippen molar-refractivity contribution in [2.45, 2.75) is 18.9 Å². The lowest BCUT2D eigenvalue weighted by molar-refractivity contribution is 0.207. The second-order valence-corrected chi connectivity index (χ2v) is 5.20. The van der Waals surface area contributed by atoms with Crippen LogP contribution in [-0.2, 0) is 0 Å². The van der Waals surface area contributed by atoms with Crippen LogP contribution in [0.3, 0.4) is 0 Å². The molecule has 3 rings (SSSR count). The molecule has 0 saturated carbocycles. The monoisotopic (exact) mass is 284 g/mol. The summed E-state index contributed by atoms with van der Waals surface area (Å²) in [6.45, 7) is 0.694. The zero-order chi connectivity index (χ0) is 14.7. The minimum atomic E-state index is -0.261. The van der Waals surface area contributed by atoms with Crippen molar-refractivity contribution in [3.8, 4) is 0 Å². The number of nitrogens with one attached hydrogen (secondary N) is 1. The molecule has 0 radical (unpaired) electrons. The van der Waals surface area contributed by atoms with E-state index in [-0.39, 0.29) is 17.9 Å². The molecule has 1 fully saturated rings. The Kier molecular flexibility index (Phi) is 3.86. The fraction of sp³-hybridized carbons (Fsp3) is 0.235. The minimum Gasteiger partial charge on any atom is -0.317 e. The zero-order valence-electron chi connectivity index (χ0n) is 11.6. The van der Waals surface area contributed by atoms with Crippen LogP contribution in [-0.4, -0.2) is 17.5 Å². The van der Waals surface area contributed by atoms with Gasteiger partial charge in [-0.2, -0.15) is 0 Å². The Hall–Kier alpha value is -2.36. The Morgan fingerprint density at radius 2 is 1.95 bits per heavy atom. The molecule has 1 aliphatic rings. The van der Waals surface area contributed by atoms with E-state index >= 15 is 0 Å². The molecular weight excluding hydrogens is 267 g/mol. The standard InChI is InChI=1S/C17H17FN2O/c18-14-7-4-6-13(12-14)16-10-5-11-20(16)17(21)19-15-8-2-1-3-9-15/h1-4,6-9,12,16H,5,10-11H2,(H,19,21)/t16-/m0/s1. The smallest absolute Gasteiger partial charge is 0.317 e. The van der Waals surface area contributed by atoms with Gasteiger partial charge in [-0.25, -0.2) is 9.18 Å². The average Bonchev–Trinajstić information content (AvgIpc) is 2.98. The van der Waals surface area contributed by atoms with Gasteiger partial charge >= 0.3 is 6.03 Å². The number of carbonyl (C=O) groups is 1. The molecule has 1 heterocycles. The number of hydrogen-bond acceptors (Lipinski definition) is 1. The van der Waals surface area contributed by atoms with Crippen molar-refractivity contribution in [2.75, 3.05) is 11.9 Å². The number of nitrogens with zero attached hydrogens (tertiary/aromatic N) is 1. The first-order chi connectivity index (χ1) is 10.2. The first-order valence-corrected chi connectivity index (χ1v) is 7.12. The van der Waals surface area contributed by atoms with Crippen molar-refractivity contribution in [3.05, 3.63) is 66.0 Å². The molecular formula is C17H17FN2O. The lowest BCUT2D eigenvalue weighted by atomic mass is 10.0. The van der Waals surface area contributed by atoms with Gasteiger partial charge in [-0.15, -0.1) is 0 Å². The number of urea groups is 1. The number of amides is 2. The molecule has 0 spiro atoms. The molecule has 1 atom stereocenters. The first kappa shape index (κ1) is 13.6. The van der Waals surface area contributed by atoms with E-state index in [2.05, 4.69) is 5.32 Å². The van der Waals surface area contributed by atoms with Crippen LogP contribution in [0.1, 0.15) is 24.4 Å². The van der Waals surface area contributed by atoms with E-state index in [1.165, 1.54) is 12.1 Å². The van der Waals surface area contributed by atoms with Crippen molar-refractivity contribution in [3.63, 3.8) is 0 Å². The highest BCUT2D eigenvalue weighted by Gasteiger charge is 2.30. The van der Waals surface area contributed by atoms with Gasteiger partial charge in [-0.1, -0.05) is 30.3 Å². The van der Waals surface area contributed by atoms with Crippen LogP contribution in [0.15, 0.2) is 54.6 Å². The maximum absolute atomic E-state index is 13.4. The van der Waals surface area contributed by atoms with Crippen LogP contribution in [0.2, 0.25) is 0 Å². The van der Waals surface area contributed by atoms with Crippen LogP contribution in [0.4, 0.5) is 14.9 Å². The van der Waals surface area contributed by atoms with Gasteiger partial charge in [-0.05, 0) is 42.7 Å². The summed E-state index contributed by atoms with van der Waals surface area (Å²) < 4.78 is 13.4. The molecule has 2 aromatic rings. The Morgan fingerprint density at radius 1 is 1.14 bits per heavy atom. The predicted molar refractivity (Wildman–Crippen MR) is 80.5 cm³/mol. The van der Waals surface area contributed by atoms with E-state index < -0.39 is 0 Å². The van der Waals surface area contributed by atoms with Crippen LogP contribution in [0.25, 0.3) is 0 Å². The van der Waals surface area contributed by atoms with Crippen molar-refractivity contribution >= 4 is 11.7 Å². The summed E-state index contributed by atoms with van der Waals surface area (Å²) in [5, 5.41) is 2.89. The Bertz CT molecular complexity index is 630. The summed E-state index contributed by atoms with van der Waals surface area (Å²) in [7, 11) is 0. The van der Waals surface area contributed by atoms with E-state index in [1.54, 1.807) is 11.0 Å². The topological polar surface area (TPSA) is 32.3 Å². The first-order valence-electron chi connectivity index (χ1n) is 7.12. The molecule has 1 aliphatic heterocycles. The van der Waals surface area contributed by atoms with Crippen LogP contribution >= 0.6 is 0 Å². The molecule has 21 heavy (non-hydrogen) atoms. The Morgan fingerprint density at radius 3 is 2.71 bits per heavy atom. The van der Waals surface area contributed by atoms with Crippen LogP contribution in [0.5, 0.6) is 0 Å². The lowest BCUT2D eigenvalue weighted by Crippen LogP contribution is -2.34. The van der Waals surface area contributed by atoms with Crippen molar-refractivity contribution in [2.24, 2.45) is 0 Å². The van der Waals surface area contributed by atoms with Gasteiger partial charge < -0.3 is 10.2 Å². The Labute approximate surface area is 123 Å². The van der Waals surface area contributed by atoms with Crippen LogP contribution < -0.4 is 5.32 Å². The maximum atomic E-state index is 13.4. The van der Waals surface area contributed by atoms with Crippen LogP contribution in [0, 0.1) is 5.82 Å². The number of carbonyl (C=O) groups excluding carboxylic acids is 1. The summed E-state index contributed by atoms with van der Waals surface area (Å²) in [5.74, 6) is -0.261. The van der Waals surface area contributed by atoms with Gasteiger partial charge in [0.25, 0.3) is 0 Å². The quantitative estimate of drug-likeness (QED) is 0.881. The van der Waals surface area contributed by atoms with E-state index in [1.807, 2.05) is 36.4 Å². The third kappa shape index (κ3) is 3.05. The SMILES string of the molecule is O=C(Nc1ccccc1)N1CCC[C@H]1c1cccc(F)c1. The van der Waals surface area contributed by atoms with E-state index in [0.717, 1.165) is 24.1 Å². The van der Waals surface area contributed by atoms with Crippen molar-refractivity contribution < 1.29 is 9.18 Å². The molecule has 2 amide bonds. The highest BCUT2D eigenvalue weighted by Crippen LogP contribution is 2.32. The third-order valence-electron chi connectivity index (χ3n) is 3.77. The highest BCUT2D eigenvalue weighted by molar-refractivity contribution is 5.89. The predicted octanol–water partition coefficient (Wildman–Crippen LogP) is 4.19. The number of para-hydroxylation sites is 1. The molecule has 0 aromatic heterocycles. The van der Waals surface area contributed by atoms with Gasteiger partial charge in [0.05, 0.1) is 6.04 Å². The highest BCUT2D eigenvalue weighted by atomic mass is 19.1. The molecule has 1 N–H and O–H groups in total. The molecule has 0 bridgehead atoms. The van der Waals surface area contributed by atoms with Crippen molar-refractivity contribution in [1.82, 2.24) is 4.90 Å². The second kappa shape index (κ2) is 5.95. The van der Waals surface area contributed by atoms with E-state index in [9.17, 15) is 9.18 Å². The fourth-order valence-corrected chi connectivity index (χ4v) is 2.79. The van der Waals surface area contributed by atoms with Gasteiger partial charge in [0.15, 0.2) is 0 Å². The average molecular weight is 284 g/mol. The lowest BCUT2D eigenvalue weighted by Gasteiger charge is -2.25. The third-order valence-corrected chi connectivity index (χ3v) is 3.77. The molecule has 108 valence electrons. The van der Waals surface area contributed by atoms with Gasteiger partial charge in [0.2, 0.25) is 0 Å². The summed E-state index contributed by atoms with van der Waals surface area (Å²) in [6.07, 6.45) is 1.80. The normalized spacial score (nSPS) is 17.8. The summed E-state index contributed by atoms with van der Waals surface area (Å²) in [5.41, 5.74) is 1.63. The summed E-state index contributed by atoms with van der Waals surface area (Å²) in [6, 6.07) is 15.7. The number of hydrogen-bond donors (Lipinski definition) is 1. The van der Waals surface area contributed by atoms with Gasteiger partial charge in [-0.3, -0.25) is 0 Å². The second-order valence-electron chi connectivity index (χ2n) is 5.20. The van der Waals surface area contributed by atoms with Crippen molar-refractivity contribution in [1.29, 1.82) is 0 Å². The van der Waals surface area contributed by atoms with E-state index in [4.69, 9.17) is 0 Å². The van der Waals surface area contributed by atoms with Gasteiger partial charge in [0.1, 0.15) is 5.82 Å². The van der Waals surface area contributed by atoms with E-state index in [0.29, 0.717) is 6.54 Å². The number of rotatable bonds is 2. The number of benzene rings is 2. The number of halogens is 1. The summed E-state index contributed by atoms with van der Waals surface area (Å²) >= 11 is 0. The largest absolute Gasteiger partial charge is 0.322 e. The zero-order valence-corrected chi connectivity index (χ0v) is 11.6. The molecule has 4 heteroatoms. The summed E-state index contributed by atoms with van der Waals surface area (Å²) in [4.78, 5) is 14.2. The van der Waals surface area contributed by atoms with Gasteiger partial charge in [0, 0.05) is 12.2 Å². The maximum Gasteiger partial charge on any atom is 0.322 e.